The van der Waals surface area contributed by atoms with Crippen molar-refractivity contribution in [3.63, 3.8) is 0 Å². The summed E-state index contributed by atoms with van der Waals surface area (Å²) in [7, 11) is 1.37. The van der Waals surface area contributed by atoms with E-state index in [1.807, 2.05) is 27.7 Å². The number of carbonyl (C=O) groups is 1. The molecule has 16 heavy (non-hydrogen) atoms. The fourth-order valence-corrected chi connectivity index (χ4v) is 2.47. The van der Waals surface area contributed by atoms with Crippen LogP contribution in [0.4, 0.5) is 0 Å². The van der Waals surface area contributed by atoms with Gasteiger partial charge in [-0.1, -0.05) is 5.57 Å². The lowest BCUT2D eigenvalue weighted by Crippen LogP contribution is -2.57. The average molecular weight is 227 g/mol. The Morgan fingerprint density at radius 3 is 2.12 bits per heavy atom. The van der Waals surface area contributed by atoms with Gasteiger partial charge in [0.05, 0.1) is 7.11 Å². The molecule has 0 spiro atoms. The summed E-state index contributed by atoms with van der Waals surface area (Å²) >= 11 is 0. The van der Waals surface area contributed by atoms with Gasteiger partial charge in [0.2, 0.25) is 0 Å². The molecule has 1 saturated heterocycles. The topological polar surface area (TPSA) is 49.8 Å². The molecule has 4 nitrogen and oxygen atoms in total. The van der Waals surface area contributed by atoms with Gasteiger partial charge in [-0.25, -0.2) is 4.79 Å². The lowest BCUT2D eigenvalue weighted by Gasteiger charge is -2.49. The number of piperidine rings is 1. The van der Waals surface area contributed by atoms with E-state index in [9.17, 15) is 10.0 Å². The second-order valence-electron chi connectivity index (χ2n) is 5.62. The van der Waals surface area contributed by atoms with Crippen molar-refractivity contribution >= 4 is 5.97 Å². The van der Waals surface area contributed by atoms with Crippen molar-refractivity contribution in [1.82, 2.24) is 5.06 Å². The lowest BCUT2D eigenvalue weighted by molar-refractivity contribution is -0.232. The standard InChI is InChI=1S/C12H21NO3/c1-11(2)7-9(6-10(14)16-5)8-12(3,4)13(11)15/h6,15H,7-8H2,1-5H3. The van der Waals surface area contributed by atoms with Crippen molar-refractivity contribution < 1.29 is 14.7 Å². The SMILES string of the molecule is COC(=O)C=C1CC(C)(C)N(O)C(C)(C)C1. The minimum atomic E-state index is -0.360. The van der Waals surface area contributed by atoms with Crippen molar-refractivity contribution in [3.8, 4) is 0 Å². The third kappa shape index (κ3) is 2.62. The van der Waals surface area contributed by atoms with E-state index in [4.69, 9.17) is 0 Å². The first-order valence-corrected chi connectivity index (χ1v) is 5.46. The number of carbonyl (C=O) groups excluding carboxylic acids is 1. The van der Waals surface area contributed by atoms with Crippen LogP contribution in [0.5, 0.6) is 0 Å². The summed E-state index contributed by atoms with van der Waals surface area (Å²) in [4.78, 5) is 11.2. The second kappa shape index (κ2) is 4.18. The minimum Gasteiger partial charge on any atom is -0.466 e. The lowest BCUT2D eigenvalue weighted by atomic mass is 9.79. The maximum absolute atomic E-state index is 11.2. The molecular weight excluding hydrogens is 206 g/mol. The Labute approximate surface area is 96.8 Å². The summed E-state index contributed by atoms with van der Waals surface area (Å²) in [5, 5.41) is 11.4. The Hall–Kier alpha value is -0.870. The Kier molecular flexibility index (Phi) is 3.45. The summed E-state index contributed by atoms with van der Waals surface area (Å²) in [5.41, 5.74) is 0.301. The minimum absolute atomic E-state index is 0.326. The first kappa shape index (κ1) is 13.2. The van der Waals surface area contributed by atoms with E-state index in [2.05, 4.69) is 4.74 Å². The molecule has 0 aromatic heterocycles. The monoisotopic (exact) mass is 227 g/mol. The summed E-state index contributed by atoms with van der Waals surface area (Å²) < 4.78 is 4.62. The quantitative estimate of drug-likeness (QED) is 0.550. The van der Waals surface area contributed by atoms with Gasteiger partial charge >= 0.3 is 5.97 Å². The van der Waals surface area contributed by atoms with Crippen LogP contribution in [-0.4, -0.2) is 34.4 Å². The third-order valence-electron chi connectivity index (χ3n) is 2.99. The summed E-state index contributed by atoms with van der Waals surface area (Å²) in [6, 6.07) is 0. The Balaban J connectivity index is 2.95. The molecule has 0 aliphatic carbocycles. The molecule has 0 atom stereocenters. The molecule has 1 heterocycles. The van der Waals surface area contributed by atoms with E-state index in [0.29, 0.717) is 12.8 Å². The molecule has 1 aliphatic rings. The molecule has 4 heteroatoms. The number of nitrogens with zero attached hydrogens (tertiary/aromatic N) is 1. The van der Waals surface area contributed by atoms with E-state index in [1.165, 1.54) is 18.2 Å². The van der Waals surface area contributed by atoms with E-state index < -0.39 is 0 Å². The summed E-state index contributed by atoms with van der Waals surface area (Å²) in [6.07, 6.45) is 2.88. The van der Waals surface area contributed by atoms with Gasteiger partial charge in [0.15, 0.2) is 0 Å². The molecule has 92 valence electrons. The van der Waals surface area contributed by atoms with Crippen molar-refractivity contribution in [1.29, 1.82) is 0 Å². The number of hydrogen-bond donors (Lipinski definition) is 1. The number of methoxy groups -OCH3 is 1. The zero-order chi connectivity index (χ0) is 12.6. The fourth-order valence-electron chi connectivity index (χ4n) is 2.47. The van der Waals surface area contributed by atoms with E-state index >= 15 is 0 Å². The van der Waals surface area contributed by atoms with Crippen molar-refractivity contribution in [2.45, 2.75) is 51.6 Å². The van der Waals surface area contributed by atoms with Crippen LogP contribution in [-0.2, 0) is 9.53 Å². The zero-order valence-corrected chi connectivity index (χ0v) is 10.7. The van der Waals surface area contributed by atoms with Crippen LogP contribution in [0.15, 0.2) is 11.6 Å². The highest BCUT2D eigenvalue weighted by Crippen LogP contribution is 2.39. The molecular formula is C12H21NO3. The van der Waals surface area contributed by atoms with Gasteiger partial charge in [-0.05, 0) is 40.5 Å². The number of esters is 1. The number of hydroxylamine groups is 2. The summed E-state index contributed by atoms with van der Waals surface area (Å²) in [5.74, 6) is -0.326. The van der Waals surface area contributed by atoms with Crippen LogP contribution < -0.4 is 0 Å². The van der Waals surface area contributed by atoms with Gasteiger partial charge in [0.25, 0.3) is 0 Å². The molecule has 1 aliphatic heterocycles. The Morgan fingerprint density at radius 2 is 1.75 bits per heavy atom. The number of rotatable bonds is 1. The van der Waals surface area contributed by atoms with E-state index in [1.54, 1.807) is 0 Å². The van der Waals surface area contributed by atoms with E-state index in [-0.39, 0.29) is 17.0 Å². The maximum atomic E-state index is 11.2. The first-order valence-electron chi connectivity index (χ1n) is 5.46. The van der Waals surface area contributed by atoms with Gasteiger partial charge < -0.3 is 9.94 Å². The van der Waals surface area contributed by atoms with Crippen LogP contribution in [0.25, 0.3) is 0 Å². The van der Waals surface area contributed by atoms with Crippen LogP contribution in [0, 0.1) is 0 Å². The highest BCUT2D eigenvalue weighted by Gasteiger charge is 2.42. The highest BCUT2D eigenvalue weighted by atomic mass is 16.5. The van der Waals surface area contributed by atoms with Crippen LogP contribution in [0.3, 0.4) is 0 Å². The molecule has 1 N–H and O–H groups in total. The van der Waals surface area contributed by atoms with Crippen LogP contribution >= 0.6 is 0 Å². The van der Waals surface area contributed by atoms with Gasteiger partial charge in [0.1, 0.15) is 0 Å². The van der Waals surface area contributed by atoms with Gasteiger partial charge in [-0.3, -0.25) is 0 Å². The smallest absolute Gasteiger partial charge is 0.330 e. The zero-order valence-electron chi connectivity index (χ0n) is 10.7. The van der Waals surface area contributed by atoms with E-state index in [0.717, 1.165) is 5.57 Å². The number of ether oxygens (including phenoxy) is 1. The molecule has 0 unspecified atom stereocenters. The van der Waals surface area contributed by atoms with Gasteiger partial charge in [-0.15, -0.1) is 0 Å². The molecule has 1 rings (SSSR count). The normalized spacial score (nSPS) is 24.0. The van der Waals surface area contributed by atoms with Crippen LogP contribution in [0.1, 0.15) is 40.5 Å². The predicted molar refractivity (Wildman–Crippen MR) is 61.1 cm³/mol. The number of hydrogen-bond acceptors (Lipinski definition) is 4. The first-order chi connectivity index (χ1) is 7.19. The third-order valence-corrected chi connectivity index (χ3v) is 2.99. The van der Waals surface area contributed by atoms with Gasteiger partial charge in [-0.2, -0.15) is 5.06 Å². The van der Waals surface area contributed by atoms with Crippen molar-refractivity contribution in [2.24, 2.45) is 0 Å². The highest BCUT2D eigenvalue weighted by molar-refractivity contribution is 5.82. The molecule has 0 bridgehead atoms. The molecule has 0 aromatic carbocycles. The maximum Gasteiger partial charge on any atom is 0.330 e. The second-order valence-corrected chi connectivity index (χ2v) is 5.62. The molecule has 0 saturated carbocycles. The largest absolute Gasteiger partial charge is 0.466 e. The van der Waals surface area contributed by atoms with Crippen molar-refractivity contribution in [2.75, 3.05) is 7.11 Å². The molecule has 0 radical (unpaired) electrons. The fraction of sp³-hybridized carbons (Fsp3) is 0.750. The predicted octanol–water partition coefficient (Wildman–Crippen LogP) is 2.13. The average Bonchev–Trinajstić information content (AvgIpc) is 2.13. The van der Waals surface area contributed by atoms with Crippen LogP contribution in [0.2, 0.25) is 0 Å². The Bertz CT molecular complexity index is 298. The molecule has 0 amide bonds. The van der Waals surface area contributed by atoms with Gasteiger partial charge in [0, 0.05) is 17.2 Å². The van der Waals surface area contributed by atoms with Crippen molar-refractivity contribution in [3.05, 3.63) is 11.6 Å². The summed E-state index contributed by atoms with van der Waals surface area (Å²) in [6.45, 7) is 7.83. The molecule has 0 aromatic rings. The Morgan fingerprint density at radius 1 is 1.31 bits per heavy atom. The molecule has 1 fully saturated rings.